The van der Waals surface area contributed by atoms with Crippen LogP contribution in [0.3, 0.4) is 0 Å². The lowest BCUT2D eigenvalue weighted by Gasteiger charge is -2.31. The van der Waals surface area contributed by atoms with Gasteiger partial charge in [0.1, 0.15) is 17.3 Å². The van der Waals surface area contributed by atoms with E-state index in [0.717, 1.165) is 44.1 Å². The van der Waals surface area contributed by atoms with Crippen molar-refractivity contribution in [1.29, 1.82) is 0 Å². The molecule has 2 aliphatic heterocycles. The van der Waals surface area contributed by atoms with Gasteiger partial charge in [0.05, 0.1) is 6.54 Å². The maximum Gasteiger partial charge on any atom is 0.274 e. The highest BCUT2D eigenvalue weighted by molar-refractivity contribution is 5.92. The molecule has 3 aromatic heterocycles. The molecule has 0 unspecified atom stereocenters. The Balaban J connectivity index is 1.23. The molecule has 0 radical (unpaired) electrons. The van der Waals surface area contributed by atoms with E-state index in [9.17, 15) is 4.79 Å². The van der Waals surface area contributed by atoms with Gasteiger partial charge in [0.2, 0.25) is 5.78 Å². The molecule has 1 amide bonds. The second-order valence-corrected chi connectivity index (χ2v) is 8.04. The van der Waals surface area contributed by atoms with Gasteiger partial charge in [-0.05, 0) is 44.8 Å². The molecule has 2 saturated heterocycles. The van der Waals surface area contributed by atoms with E-state index in [2.05, 4.69) is 36.7 Å². The predicted molar refractivity (Wildman–Crippen MR) is 106 cm³/mol. The number of nitrogens with zero attached hydrogens (tertiary/aromatic N) is 8. The highest BCUT2D eigenvalue weighted by atomic mass is 16.2. The van der Waals surface area contributed by atoms with Gasteiger partial charge in [-0.3, -0.25) is 14.1 Å². The predicted octanol–water partition coefficient (Wildman–Crippen LogP) is 1.47. The van der Waals surface area contributed by atoms with Crippen LogP contribution in [0.25, 0.3) is 5.78 Å². The van der Waals surface area contributed by atoms with Crippen molar-refractivity contribution < 1.29 is 4.79 Å². The van der Waals surface area contributed by atoms with Crippen molar-refractivity contribution in [2.75, 3.05) is 26.2 Å². The summed E-state index contributed by atoms with van der Waals surface area (Å²) in [5, 5.41) is 8.95. The fourth-order valence-electron chi connectivity index (χ4n) is 4.45. The van der Waals surface area contributed by atoms with Crippen LogP contribution in [0.4, 0.5) is 0 Å². The van der Waals surface area contributed by atoms with Crippen LogP contribution in [-0.2, 0) is 13.6 Å². The molecule has 5 rings (SSSR count). The Morgan fingerprint density at radius 1 is 1.14 bits per heavy atom. The maximum absolute atomic E-state index is 12.9. The average molecular weight is 394 g/mol. The molecule has 29 heavy (non-hydrogen) atoms. The van der Waals surface area contributed by atoms with Crippen molar-refractivity contribution in [2.24, 2.45) is 7.05 Å². The van der Waals surface area contributed by atoms with Gasteiger partial charge in [-0.1, -0.05) is 0 Å². The van der Waals surface area contributed by atoms with E-state index in [-0.39, 0.29) is 5.91 Å². The molecule has 0 saturated carbocycles. The second-order valence-electron chi connectivity index (χ2n) is 8.04. The number of piperidine rings is 1. The Bertz CT molecular complexity index is 978. The van der Waals surface area contributed by atoms with Gasteiger partial charge in [-0.2, -0.15) is 0 Å². The van der Waals surface area contributed by atoms with Gasteiger partial charge in [-0.25, -0.2) is 9.97 Å². The molecule has 2 fully saturated rings. The zero-order chi connectivity index (χ0) is 19.8. The minimum Gasteiger partial charge on any atom is -0.337 e. The van der Waals surface area contributed by atoms with Crippen LogP contribution < -0.4 is 0 Å². The minimum absolute atomic E-state index is 0.0263. The highest BCUT2D eigenvalue weighted by Gasteiger charge is 2.29. The number of carbonyl (C=O) groups excluding carboxylic acids is 1. The lowest BCUT2D eigenvalue weighted by molar-refractivity contribution is 0.0705. The fraction of sp³-hybridized carbons (Fsp3) is 0.550. The average Bonchev–Trinajstić information content (AvgIpc) is 3.49. The lowest BCUT2D eigenvalue weighted by Crippen LogP contribution is -2.38. The molecule has 0 atom stereocenters. The Morgan fingerprint density at radius 2 is 1.93 bits per heavy atom. The van der Waals surface area contributed by atoms with E-state index >= 15 is 0 Å². The van der Waals surface area contributed by atoms with Crippen LogP contribution in [0.1, 0.15) is 53.7 Å². The molecule has 0 spiro atoms. The third kappa shape index (κ3) is 3.50. The van der Waals surface area contributed by atoms with E-state index in [1.807, 2.05) is 17.2 Å². The number of fused-ring (bicyclic) bond motifs is 1. The van der Waals surface area contributed by atoms with Crippen LogP contribution >= 0.6 is 0 Å². The van der Waals surface area contributed by atoms with Crippen LogP contribution in [0.5, 0.6) is 0 Å². The molecule has 5 heterocycles. The normalized spacial score (nSPS) is 18.7. The summed E-state index contributed by atoms with van der Waals surface area (Å²) < 4.78 is 3.94. The molecule has 2 aliphatic rings. The van der Waals surface area contributed by atoms with Crippen LogP contribution in [0.15, 0.2) is 24.7 Å². The number of rotatable bonds is 4. The zero-order valence-corrected chi connectivity index (χ0v) is 16.7. The number of imidazole rings is 1. The third-order valence-corrected chi connectivity index (χ3v) is 6.16. The first-order chi connectivity index (χ1) is 14.2. The van der Waals surface area contributed by atoms with Crippen LogP contribution in [0, 0.1) is 0 Å². The van der Waals surface area contributed by atoms with Crippen molar-refractivity contribution >= 4 is 11.7 Å². The summed E-state index contributed by atoms with van der Waals surface area (Å²) >= 11 is 0. The van der Waals surface area contributed by atoms with Gasteiger partial charge in [0, 0.05) is 44.6 Å². The fourth-order valence-corrected chi connectivity index (χ4v) is 4.45. The van der Waals surface area contributed by atoms with E-state index in [1.165, 1.54) is 12.8 Å². The molecule has 9 nitrogen and oxygen atoms in total. The number of hydrogen-bond donors (Lipinski definition) is 0. The number of hydrogen-bond acceptors (Lipinski definition) is 6. The largest absolute Gasteiger partial charge is 0.337 e. The Morgan fingerprint density at radius 3 is 2.69 bits per heavy atom. The summed E-state index contributed by atoms with van der Waals surface area (Å²) in [6.07, 6.45) is 9.64. The molecule has 0 aromatic carbocycles. The SMILES string of the molecule is Cn1c(CN2CCCC2)nnc1C1CCN(C(=O)c2cn3cccnc3n2)CC1. The number of likely N-dealkylation sites (tertiary alicyclic amines) is 2. The lowest BCUT2D eigenvalue weighted by atomic mass is 9.95. The van der Waals surface area contributed by atoms with Crippen molar-refractivity contribution in [1.82, 2.24) is 38.9 Å². The Hall–Kier alpha value is -2.81. The summed E-state index contributed by atoms with van der Waals surface area (Å²) in [4.78, 5) is 25.7. The Labute approximate surface area is 169 Å². The molecular weight excluding hydrogens is 368 g/mol. The monoisotopic (exact) mass is 394 g/mol. The van der Waals surface area contributed by atoms with Gasteiger partial charge in [-0.15, -0.1) is 10.2 Å². The molecule has 3 aromatic rings. The number of carbonyl (C=O) groups is 1. The molecule has 152 valence electrons. The minimum atomic E-state index is -0.0263. The summed E-state index contributed by atoms with van der Waals surface area (Å²) in [5.74, 6) is 2.95. The second kappa shape index (κ2) is 7.55. The van der Waals surface area contributed by atoms with E-state index in [1.54, 1.807) is 16.8 Å². The molecule has 9 heteroatoms. The summed E-state index contributed by atoms with van der Waals surface area (Å²) in [6.45, 7) is 4.60. The van der Waals surface area contributed by atoms with E-state index < -0.39 is 0 Å². The first-order valence-corrected chi connectivity index (χ1v) is 10.4. The van der Waals surface area contributed by atoms with Gasteiger partial charge in [0.25, 0.3) is 5.91 Å². The zero-order valence-electron chi connectivity index (χ0n) is 16.7. The van der Waals surface area contributed by atoms with Crippen molar-refractivity contribution in [3.8, 4) is 0 Å². The first-order valence-electron chi connectivity index (χ1n) is 10.4. The topological polar surface area (TPSA) is 84.5 Å². The van der Waals surface area contributed by atoms with Crippen molar-refractivity contribution in [3.05, 3.63) is 42.0 Å². The maximum atomic E-state index is 12.9. The standard InChI is InChI=1S/C20H26N8O/c1-25-17(14-26-8-2-3-9-26)23-24-18(25)15-5-11-27(12-6-15)19(29)16-13-28-10-4-7-21-20(28)22-16/h4,7,10,13,15H,2-3,5-6,8-9,11-12,14H2,1H3. The van der Waals surface area contributed by atoms with Crippen LogP contribution in [0.2, 0.25) is 0 Å². The van der Waals surface area contributed by atoms with Crippen LogP contribution in [-0.4, -0.2) is 71.0 Å². The number of amides is 1. The van der Waals surface area contributed by atoms with Gasteiger partial charge < -0.3 is 9.47 Å². The third-order valence-electron chi connectivity index (χ3n) is 6.16. The van der Waals surface area contributed by atoms with Gasteiger partial charge in [0.15, 0.2) is 0 Å². The van der Waals surface area contributed by atoms with Crippen molar-refractivity contribution in [3.63, 3.8) is 0 Å². The molecule has 0 N–H and O–H groups in total. The van der Waals surface area contributed by atoms with Gasteiger partial charge >= 0.3 is 0 Å². The highest BCUT2D eigenvalue weighted by Crippen LogP contribution is 2.28. The summed E-state index contributed by atoms with van der Waals surface area (Å²) in [7, 11) is 2.07. The summed E-state index contributed by atoms with van der Waals surface area (Å²) in [5.41, 5.74) is 0.453. The Kier molecular flexibility index (Phi) is 4.75. The smallest absolute Gasteiger partial charge is 0.274 e. The number of aromatic nitrogens is 6. The quantitative estimate of drug-likeness (QED) is 0.666. The molecular formula is C20H26N8O. The molecule has 0 bridgehead atoms. The summed E-state index contributed by atoms with van der Waals surface area (Å²) in [6, 6.07) is 1.83. The van der Waals surface area contributed by atoms with Crippen molar-refractivity contribution in [2.45, 2.75) is 38.1 Å². The van der Waals surface area contributed by atoms with E-state index in [4.69, 9.17) is 0 Å². The molecule has 0 aliphatic carbocycles. The van der Waals surface area contributed by atoms with E-state index in [0.29, 0.717) is 30.5 Å². The first kappa shape index (κ1) is 18.2.